The van der Waals surface area contributed by atoms with Crippen LogP contribution >= 0.6 is 15.9 Å². The van der Waals surface area contributed by atoms with Crippen LogP contribution in [0.4, 0.5) is 0 Å². The van der Waals surface area contributed by atoms with Crippen LogP contribution in [0.3, 0.4) is 0 Å². The zero-order valence-electron chi connectivity index (χ0n) is 9.13. The summed E-state index contributed by atoms with van der Waals surface area (Å²) < 4.78 is 4.96. The second-order valence-corrected chi connectivity index (χ2v) is 4.07. The van der Waals surface area contributed by atoms with E-state index in [1.165, 1.54) is 25.3 Å². The number of benzene rings is 1. The van der Waals surface area contributed by atoms with Crippen LogP contribution in [0.1, 0.15) is 22.0 Å². The summed E-state index contributed by atoms with van der Waals surface area (Å²) >= 11 is 3.02. The number of carbonyl (C=O) groups is 1. The van der Waals surface area contributed by atoms with Crippen molar-refractivity contribution < 1.29 is 24.9 Å². The average molecular weight is 305 g/mol. The Morgan fingerprint density at radius 3 is 2.59 bits per heavy atom. The number of hydrogen-bond donors (Lipinski definition) is 3. The van der Waals surface area contributed by atoms with Crippen molar-refractivity contribution >= 4 is 21.9 Å². The summed E-state index contributed by atoms with van der Waals surface area (Å²) in [5.41, 5.74) is 0.0714. The summed E-state index contributed by atoms with van der Waals surface area (Å²) in [5, 5.41) is 28.5. The van der Waals surface area contributed by atoms with Gasteiger partial charge in [0.15, 0.2) is 0 Å². The van der Waals surface area contributed by atoms with Crippen molar-refractivity contribution in [2.75, 3.05) is 12.4 Å². The number of methoxy groups -OCH3 is 1. The fourth-order valence-corrected chi connectivity index (χ4v) is 1.75. The monoisotopic (exact) mass is 304 g/mol. The van der Waals surface area contributed by atoms with Crippen LogP contribution in [0.15, 0.2) is 18.2 Å². The Hall–Kier alpha value is -1.11. The van der Waals surface area contributed by atoms with Crippen molar-refractivity contribution in [2.24, 2.45) is 0 Å². The average Bonchev–Trinajstić information content (AvgIpc) is 2.35. The summed E-state index contributed by atoms with van der Waals surface area (Å²) in [4.78, 5) is 11.0. The zero-order chi connectivity index (χ0) is 13.0. The Labute approximate surface area is 107 Å². The predicted molar refractivity (Wildman–Crippen MR) is 64.7 cm³/mol. The van der Waals surface area contributed by atoms with Gasteiger partial charge in [-0.15, -0.1) is 0 Å². The number of hydrogen-bond acceptors (Lipinski definition) is 4. The summed E-state index contributed by atoms with van der Waals surface area (Å²) in [5.74, 6) is -0.741. The van der Waals surface area contributed by atoms with Crippen molar-refractivity contribution in [2.45, 2.75) is 12.2 Å². The van der Waals surface area contributed by atoms with E-state index in [2.05, 4.69) is 15.9 Å². The summed E-state index contributed by atoms with van der Waals surface area (Å²) in [7, 11) is 1.44. The molecule has 0 fully saturated rings. The van der Waals surface area contributed by atoms with E-state index in [1.54, 1.807) is 0 Å². The molecule has 0 spiro atoms. The van der Waals surface area contributed by atoms with E-state index in [9.17, 15) is 15.0 Å². The van der Waals surface area contributed by atoms with Gasteiger partial charge in [-0.1, -0.05) is 15.9 Å². The minimum Gasteiger partial charge on any atom is -0.497 e. The maximum absolute atomic E-state index is 11.0. The van der Waals surface area contributed by atoms with E-state index in [0.29, 0.717) is 5.75 Å². The van der Waals surface area contributed by atoms with Gasteiger partial charge < -0.3 is 20.1 Å². The maximum atomic E-state index is 11.0. The van der Waals surface area contributed by atoms with E-state index in [0.717, 1.165) is 0 Å². The topological polar surface area (TPSA) is 87.0 Å². The van der Waals surface area contributed by atoms with Crippen LogP contribution < -0.4 is 4.74 Å². The molecule has 0 amide bonds. The molecule has 2 atom stereocenters. The fourth-order valence-electron chi connectivity index (χ4n) is 1.40. The predicted octanol–water partition coefficient (Wildman–Crippen LogP) is 1.18. The number of rotatable bonds is 5. The molecular formula is C11H13BrO5. The van der Waals surface area contributed by atoms with Gasteiger partial charge in [-0.2, -0.15) is 0 Å². The molecule has 0 aliphatic rings. The molecule has 17 heavy (non-hydrogen) atoms. The van der Waals surface area contributed by atoms with Gasteiger partial charge in [-0.3, -0.25) is 0 Å². The molecule has 0 bridgehead atoms. The molecule has 0 aromatic heterocycles. The SMILES string of the molecule is COc1ccc(C(=O)O)c(C(O)C(O)CBr)c1. The molecule has 0 radical (unpaired) electrons. The van der Waals surface area contributed by atoms with Crippen LogP contribution in [0.2, 0.25) is 0 Å². The smallest absolute Gasteiger partial charge is 0.336 e. The van der Waals surface area contributed by atoms with Crippen LogP contribution in [-0.4, -0.2) is 39.8 Å². The summed E-state index contributed by atoms with van der Waals surface area (Å²) in [6.45, 7) is 0. The van der Waals surface area contributed by atoms with Crippen LogP contribution in [0.5, 0.6) is 5.75 Å². The van der Waals surface area contributed by atoms with Crippen molar-refractivity contribution in [3.8, 4) is 5.75 Å². The normalized spacial score (nSPS) is 14.1. The molecular weight excluding hydrogens is 292 g/mol. The second kappa shape index (κ2) is 6.00. The van der Waals surface area contributed by atoms with E-state index >= 15 is 0 Å². The zero-order valence-corrected chi connectivity index (χ0v) is 10.7. The highest BCUT2D eigenvalue weighted by Crippen LogP contribution is 2.26. The third kappa shape index (κ3) is 3.18. The van der Waals surface area contributed by atoms with Crippen LogP contribution in [-0.2, 0) is 0 Å². The van der Waals surface area contributed by atoms with Crippen molar-refractivity contribution in [1.29, 1.82) is 0 Å². The molecule has 0 saturated carbocycles. The van der Waals surface area contributed by atoms with Gasteiger partial charge in [0, 0.05) is 10.9 Å². The standard InChI is InChI=1S/C11H13BrO5/c1-17-6-2-3-7(11(15)16)8(4-6)10(14)9(13)5-12/h2-4,9-10,13-14H,5H2,1H3,(H,15,16). The number of carboxylic acid groups (broad SMARTS) is 1. The highest BCUT2D eigenvalue weighted by Gasteiger charge is 2.23. The van der Waals surface area contributed by atoms with E-state index in [4.69, 9.17) is 9.84 Å². The third-order valence-electron chi connectivity index (χ3n) is 2.33. The van der Waals surface area contributed by atoms with Crippen molar-refractivity contribution in [3.05, 3.63) is 29.3 Å². The van der Waals surface area contributed by atoms with Crippen molar-refractivity contribution in [1.82, 2.24) is 0 Å². The molecule has 2 unspecified atom stereocenters. The first-order chi connectivity index (χ1) is 8.01. The van der Waals surface area contributed by atoms with Gasteiger partial charge in [0.1, 0.15) is 11.9 Å². The molecule has 94 valence electrons. The lowest BCUT2D eigenvalue weighted by molar-refractivity contribution is 0.0326. The van der Waals surface area contributed by atoms with Crippen LogP contribution in [0, 0.1) is 0 Å². The quantitative estimate of drug-likeness (QED) is 0.711. The van der Waals surface area contributed by atoms with Crippen LogP contribution in [0.25, 0.3) is 0 Å². The first kappa shape index (κ1) is 14.0. The lowest BCUT2D eigenvalue weighted by atomic mass is 9.99. The lowest BCUT2D eigenvalue weighted by Gasteiger charge is -2.18. The number of aliphatic hydroxyl groups excluding tert-OH is 2. The van der Waals surface area contributed by atoms with Crippen molar-refractivity contribution in [3.63, 3.8) is 0 Å². The van der Waals surface area contributed by atoms with E-state index < -0.39 is 18.2 Å². The molecule has 0 aliphatic carbocycles. The summed E-state index contributed by atoms with van der Waals surface area (Å²) in [6, 6.07) is 4.22. The first-order valence-electron chi connectivity index (χ1n) is 4.84. The lowest BCUT2D eigenvalue weighted by Crippen LogP contribution is -2.21. The Balaban J connectivity index is 3.21. The van der Waals surface area contributed by atoms with Gasteiger partial charge >= 0.3 is 5.97 Å². The molecule has 1 rings (SSSR count). The number of alkyl halides is 1. The molecule has 1 aromatic carbocycles. The second-order valence-electron chi connectivity index (χ2n) is 3.42. The number of ether oxygens (including phenoxy) is 1. The molecule has 6 heteroatoms. The minimum absolute atomic E-state index is 0.0571. The van der Waals surface area contributed by atoms with E-state index in [1.807, 2.05) is 0 Å². The molecule has 3 N–H and O–H groups in total. The van der Waals surface area contributed by atoms with Gasteiger partial charge in [-0.25, -0.2) is 4.79 Å². The van der Waals surface area contributed by atoms with Gasteiger partial charge in [0.25, 0.3) is 0 Å². The van der Waals surface area contributed by atoms with Gasteiger partial charge in [0.2, 0.25) is 0 Å². The molecule has 1 aromatic rings. The molecule has 0 heterocycles. The first-order valence-corrected chi connectivity index (χ1v) is 5.96. The Bertz CT molecular complexity index is 407. The Morgan fingerprint density at radius 1 is 1.47 bits per heavy atom. The number of carboxylic acids is 1. The largest absolute Gasteiger partial charge is 0.497 e. The highest BCUT2D eigenvalue weighted by atomic mass is 79.9. The minimum atomic E-state index is -1.28. The number of halogens is 1. The molecule has 0 saturated heterocycles. The highest BCUT2D eigenvalue weighted by molar-refractivity contribution is 9.09. The van der Waals surface area contributed by atoms with Gasteiger partial charge in [0.05, 0.1) is 18.8 Å². The molecule has 5 nitrogen and oxygen atoms in total. The van der Waals surface area contributed by atoms with E-state index in [-0.39, 0.29) is 16.5 Å². The number of aliphatic hydroxyl groups is 2. The fraction of sp³-hybridized carbons (Fsp3) is 0.364. The Kier molecular flexibility index (Phi) is 4.92. The maximum Gasteiger partial charge on any atom is 0.336 e. The van der Waals surface area contributed by atoms with Gasteiger partial charge in [-0.05, 0) is 18.2 Å². The third-order valence-corrected chi connectivity index (χ3v) is 2.99. The number of aromatic carboxylic acids is 1. The Morgan fingerprint density at radius 2 is 2.12 bits per heavy atom. The molecule has 0 aliphatic heterocycles. The summed E-state index contributed by atoms with van der Waals surface area (Å²) in [6.07, 6.45) is -2.37.